The lowest BCUT2D eigenvalue weighted by atomic mass is 10.1. The average Bonchev–Trinajstić information content (AvgIpc) is 2.37. The Labute approximate surface area is 112 Å². The van der Waals surface area contributed by atoms with Gasteiger partial charge in [0.1, 0.15) is 0 Å². The van der Waals surface area contributed by atoms with Gasteiger partial charge >= 0.3 is 0 Å². The third-order valence-electron chi connectivity index (χ3n) is 3.07. The summed E-state index contributed by atoms with van der Waals surface area (Å²) in [5, 5.41) is 11.4. The van der Waals surface area contributed by atoms with Crippen molar-refractivity contribution in [3.8, 4) is 6.07 Å². The van der Waals surface area contributed by atoms with Gasteiger partial charge in [-0.05, 0) is 37.1 Å². The molecule has 1 saturated heterocycles. The fraction of sp³-hybridized carbons (Fsp3) is 0.385. The van der Waals surface area contributed by atoms with Crippen LogP contribution in [0.25, 0.3) is 0 Å². The van der Waals surface area contributed by atoms with Crippen molar-refractivity contribution in [3.63, 3.8) is 0 Å². The van der Waals surface area contributed by atoms with Gasteiger partial charge in [0.15, 0.2) is 9.84 Å². The topological polar surface area (TPSA) is 87.0 Å². The van der Waals surface area contributed by atoms with E-state index in [1.54, 1.807) is 24.3 Å². The summed E-state index contributed by atoms with van der Waals surface area (Å²) in [7, 11) is -3.03. The zero-order valence-corrected chi connectivity index (χ0v) is 11.1. The Kier molecular flexibility index (Phi) is 3.86. The first-order chi connectivity index (χ1) is 9.00. The molecular weight excluding hydrogens is 264 g/mol. The molecule has 5 nitrogen and oxygen atoms in total. The van der Waals surface area contributed by atoms with Gasteiger partial charge in [-0.15, -0.1) is 0 Å². The molecule has 1 aromatic rings. The molecule has 1 N–H and O–H groups in total. The highest BCUT2D eigenvalue weighted by Crippen LogP contribution is 2.13. The smallest absolute Gasteiger partial charge is 0.251 e. The normalized spacial score (nSPS) is 21.3. The Morgan fingerprint density at radius 3 is 2.58 bits per heavy atom. The van der Waals surface area contributed by atoms with Crippen molar-refractivity contribution in [3.05, 3.63) is 35.4 Å². The van der Waals surface area contributed by atoms with Crippen LogP contribution < -0.4 is 5.32 Å². The van der Waals surface area contributed by atoms with E-state index in [9.17, 15) is 13.2 Å². The minimum Gasteiger partial charge on any atom is -0.348 e. The summed E-state index contributed by atoms with van der Waals surface area (Å²) >= 11 is 0. The highest BCUT2D eigenvalue weighted by molar-refractivity contribution is 7.91. The molecule has 6 heteroatoms. The van der Waals surface area contributed by atoms with Gasteiger partial charge in [-0.3, -0.25) is 4.79 Å². The number of sulfone groups is 1. The van der Waals surface area contributed by atoms with Gasteiger partial charge in [-0.2, -0.15) is 5.26 Å². The number of carbonyl (C=O) groups excluding carboxylic acids is 1. The van der Waals surface area contributed by atoms with E-state index in [1.807, 2.05) is 6.07 Å². The number of hydrogen-bond donors (Lipinski definition) is 1. The first-order valence-electron chi connectivity index (χ1n) is 6.01. The van der Waals surface area contributed by atoms with Crippen LogP contribution in [0.15, 0.2) is 24.3 Å². The Hall–Kier alpha value is -1.87. The number of nitriles is 1. The first kappa shape index (κ1) is 13.6. The number of nitrogens with zero attached hydrogens (tertiary/aromatic N) is 1. The van der Waals surface area contributed by atoms with Crippen LogP contribution >= 0.6 is 0 Å². The highest BCUT2D eigenvalue weighted by atomic mass is 32.2. The van der Waals surface area contributed by atoms with Crippen LogP contribution in [0, 0.1) is 11.3 Å². The monoisotopic (exact) mass is 278 g/mol. The van der Waals surface area contributed by atoms with Crippen LogP contribution in [-0.2, 0) is 9.84 Å². The summed E-state index contributed by atoms with van der Waals surface area (Å²) in [6.07, 6.45) is 1.27. The standard InChI is InChI=1S/C13H14N2O3S/c14-8-10-3-5-11(6-4-10)13(16)15-12-2-1-7-19(17,18)9-12/h3-6,12H,1-2,7,9H2,(H,15,16). The average molecular weight is 278 g/mol. The molecule has 1 unspecified atom stereocenters. The van der Waals surface area contributed by atoms with Gasteiger partial charge in [0, 0.05) is 11.6 Å². The quantitative estimate of drug-likeness (QED) is 0.869. The van der Waals surface area contributed by atoms with Gasteiger partial charge in [-0.25, -0.2) is 8.42 Å². The van der Waals surface area contributed by atoms with Crippen LogP contribution in [0.4, 0.5) is 0 Å². The Bertz CT molecular complexity index is 614. The lowest BCUT2D eigenvalue weighted by molar-refractivity contribution is 0.0938. The van der Waals surface area contributed by atoms with Crippen LogP contribution in [0.2, 0.25) is 0 Å². The maximum absolute atomic E-state index is 11.9. The fourth-order valence-corrected chi connectivity index (χ4v) is 3.74. The van der Waals surface area contributed by atoms with E-state index in [2.05, 4.69) is 5.32 Å². The number of amides is 1. The van der Waals surface area contributed by atoms with Crippen molar-refractivity contribution < 1.29 is 13.2 Å². The molecule has 1 aliphatic heterocycles. The van der Waals surface area contributed by atoms with E-state index < -0.39 is 9.84 Å². The predicted molar refractivity (Wildman–Crippen MR) is 70.3 cm³/mol. The third-order valence-corrected chi connectivity index (χ3v) is 4.90. The minimum absolute atomic E-state index is 0.00895. The Balaban J connectivity index is 2.02. The molecule has 1 amide bonds. The van der Waals surface area contributed by atoms with Crippen LogP contribution in [0.1, 0.15) is 28.8 Å². The summed E-state index contributed by atoms with van der Waals surface area (Å²) < 4.78 is 23.0. The van der Waals surface area contributed by atoms with Crippen LogP contribution in [-0.4, -0.2) is 31.9 Å². The molecular formula is C13H14N2O3S. The lowest BCUT2D eigenvalue weighted by Crippen LogP contribution is -2.43. The zero-order valence-electron chi connectivity index (χ0n) is 10.3. The minimum atomic E-state index is -3.03. The number of nitrogens with one attached hydrogen (secondary N) is 1. The van der Waals surface area contributed by atoms with Gasteiger partial charge in [-0.1, -0.05) is 0 Å². The van der Waals surface area contributed by atoms with E-state index in [1.165, 1.54) is 0 Å². The molecule has 1 fully saturated rings. The molecule has 0 aliphatic carbocycles. The maximum Gasteiger partial charge on any atom is 0.251 e. The molecule has 1 heterocycles. The highest BCUT2D eigenvalue weighted by Gasteiger charge is 2.26. The summed E-state index contributed by atoms with van der Waals surface area (Å²) in [6.45, 7) is 0. The fourth-order valence-electron chi connectivity index (χ4n) is 2.10. The molecule has 100 valence electrons. The molecule has 0 bridgehead atoms. The molecule has 1 aliphatic rings. The summed E-state index contributed by atoms with van der Waals surface area (Å²) in [5.74, 6) is -0.0859. The van der Waals surface area contributed by atoms with Crippen molar-refractivity contribution in [2.24, 2.45) is 0 Å². The van der Waals surface area contributed by atoms with E-state index in [0.717, 1.165) is 0 Å². The number of benzene rings is 1. The van der Waals surface area contributed by atoms with Gasteiger partial charge in [0.05, 0.1) is 23.1 Å². The Morgan fingerprint density at radius 1 is 1.32 bits per heavy atom. The second-order valence-electron chi connectivity index (χ2n) is 4.62. The van der Waals surface area contributed by atoms with Crippen molar-refractivity contribution in [2.75, 3.05) is 11.5 Å². The molecule has 1 atom stereocenters. The van der Waals surface area contributed by atoms with Gasteiger partial charge in [0.2, 0.25) is 0 Å². The number of rotatable bonds is 2. The van der Waals surface area contributed by atoms with E-state index in [0.29, 0.717) is 24.0 Å². The predicted octanol–water partition coefficient (Wildman–Crippen LogP) is 0.865. The largest absolute Gasteiger partial charge is 0.348 e. The SMILES string of the molecule is N#Cc1ccc(C(=O)NC2CCCS(=O)(=O)C2)cc1. The van der Waals surface area contributed by atoms with Crippen molar-refractivity contribution in [1.82, 2.24) is 5.32 Å². The van der Waals surface area contributed by atoms with E-state index >= 15 is 0 Å². The number of hydrogen-bond acceptors (Lipinski definition) is 4. The second kappa shape index (κ2) is 5.41. The summed E-state index contributed by atoms with van der Waals surface area (Å²) in [6, 6.07) is 7.90. The first-order valence-corrected chi connectivity index (χ1v) is 7.84. The van der Waals surface area contributed by atoms with Crippen LogP contribution in [0.3, 0.4) is 0 Å². The third kappa shape index (κ3) is 3.55. The van der Waals surface area contributed by atoms with Crippen LogP contribution in [0.5, 0.6) is 0 Å². The van der Waals surface area contributed by atoms with Crippen molar-refractivity contribution in [2.45, 2.75) is 18.9 Å². The number of carbonyl (C=O) groups is 1. The van der Waals surface area contributed by atoms with E-state index in [-0.39, 0.29) is 23.5 Å². The molecule has 0 spiro atoms. The summed E-state index contributed by atoms with van der Waals surface area (Å²) in [4.78, 5) is 11.9. The summed E-state index contributed by atoms with van der Waals surface area (Å²) in [5.41, 5.74) is 0.916. The van der Waals surface area contributed by atoms with E-state index in [4.69, 9.17) is 5.26 Å². The lowest BCUT2D eigenvalue weighted by Gasteiger charge is -2.22. The van der Waals surface area contributed by atoms with Gasteiger partial charge < -0.3 is 5.32 Å². The van der Waals surface area contributed by atoms with Crippen molar-refractivity contribution >= 4 is 15.7 Å². The molecule has 0 aromatic heterocycles. The molecule has 0 radical (unpaired) electrons. The van der Waals surface area contributed by atoms with Gasteiger partial charge in [0.25, 0.3) is 5.91 Å². The zero-order chi connectivity index (χ0) is 13.9. The molecule has 19 heavy (non-hydrogen) atoms. The molecule has 2 rings (SSSR count). The maximum atomic E-state index is 11.9. The molecule has 1 aromatic carbocycles. The molecule has 0 saturated carbocycles. The Morgan fingerprint density at radius 2 is 2.00 bits per heavy atom. The second-order valence-corrected chi connectivity index (χ2v) is 6.84. The van der Waals surface area contributed by atoms with Crippen molar-refractivity contribution in [1.29, 1.82) is 5.26 Å².